The van der Waals surface area contributed by atoms with E-state index in [1.165, 1.54) is 37.4 Å². The van der Waals surface area contributed by atoms with Crippen LogP contribution in [0.4, 0.5) is 0 Å². The molecule has 3 rings (SSSR count). The van der Waals surface area contributed by atoms with Crippen molar-refractivity contribution in [2.24, 2.45) is 16.8 Å². The molecule has 4 nitrogen and oxygen atoms in total. The normalized spacial score (nSPS) is 44.3. The molecule has 2 bridgehead atoms. The zero-order chi connectivity index (χ0) is 12.9. The SMILES string of the molecule is CC(O)C1(C)SC(N[C@H]2C[C@H]3CC[C@H]2C3)=NC1=O. The molecule has 100 valence electrons. The molecule has 18 heavy (non-hydrogen) atoms. The van der Waals surface area contributed by atoms with Crippen LogP contribution in [0.2, 0.25) is 0 Å². The van der Waals surface area contributed by atoms with Crippen LogP contribution in [-0.4, -0.2) is 33.1 Å². The van der Waals surface area contributed by atoms with Gasteiger partial charge in [-0.2, -0.15) is 4.99 Å². The largest absolute Gasteiger partial charge is 0.391 e. The van der Waals surface area contributed by atoms with Gasteiger partial charge in [-0.25, -0.2) is 0 Å². The highest BCUT2D eigenvalue weighted by Crippen LogP contribution is 2.45. The average Bonchev–Trinajstić information content (AvgIpc) is 2.95. The number of nitrogens with zero attached hydrogens (tertiary/aromatic N) is 1. The van der Waals surface area contributed by atoms with Gasteiger partial charge < -0.3 is 10.4 Å². The van der Waals surface area contributed by atoms with E-state index in [2.05, 4.69) is 10.3 Å². The van der Waals surface area contributed by atoms with Crippen molar-refractivity contribution in [2.75, 3.05) is 0 Å². The van der Waals surface area contributed by atoms with Gasteiger partial charge in [0.1, 0.15) is 4.75 Å². The van der Waals surface area contributed by atoms with Crippen LogP contribution < -0.4 is 5.32 Å². The summed E-state index contributed by atoms with van der Waals surface area (Å²) in [5.74, 6) is 1.42. The van der Waals surface area contributed by atoms with E-state index in [9.17, 15) is 9.90 Å². The lowest BCUT2D eigenvalue weighted by molar-refractivity contribution is -0.121. The molecule has 1 amide bonds. The summed E-state index contributed by atoms with van der Waals surface area (Å²) in [7, 11) is 0. The van der Waals surface area contributed by atoms with Crippen molar-refractivity contribution < 1.29 is 9.90 Å². The highest BCUT2D eigenvalue weighted by Gasteiger charge is 2.47. The third-order valence-corrected chi connectivity index (χ3v) is 6.12. The Kier molecular flexibility index (Phi) is 2.94. The predicted molar refractivity (Wildman–Crippen MR) is 72.5 cm³/mol. The zero-order valence-electron chi connectivity index (χ0n) is 10.8. The van der Waals surface area contributed by atoms with E-state index in [0.29, 0.717) is 11.2 Å². The predicted octanol–water partition coefficient (Wildman–Crippen LogP) is 1.53. The van der Waals surface area contributed by atoms with Crippen molar-refractivity contribution in [3.8, 4) is 0 Å². The van der Waals surface area contributed by atoms with Crippen LogP contribution in [0.3, 0.4) is 0 Å². The van der Waals surface area contributed by atoms with Crippen LogP contribution in [0.25, 0.3) is 0 Å². The number of amidine groups is 1. The van der Waals surface area contributed by atoms with Gasteiger partial charge in [-0.1, -0.05) is 18.2 Å². The summed E-state index contributed by atoms with van der Waals surface area (Å²) in [6.45, 7) is 3.42. The Hall–Kier alpha value is -0.550. The van der Waals surface area contributed by atoms with Gasteiger partial charge in [0.2, 0.25) is 0 Å². The van der Waals surface area contributed by atoms with E-state index in [4.69, 9.17) is 0 Å². The van der Waals surface area contributed by atoms with Crippen LogP contribution in [0, 0.1) is 11.8 Å². The summed E-state index contributed by atoms with van der Waals surface area (Å²) in [6, 6.07) is 0.485. The van der Waals surface area contributed by atoms with E-state index < -0.39 is 10.9 Å². The van der Waals surface area contributed by atoms with Gasteiger partial charge in [-0.05, 0) is 44.9 Å². The first-order valence-corrected chi connectivity index (χ1v) is 7.57. The second-order valence-corrected chi connectivity index (χ2v) is 7.47. The smallest absolute Gasteiger partial charge is 0.267 e. The minimum absolute atomic E-state index is 0.215. The van der Waals surface area contributed by atoms with Crippen LogP contribution in [-0.2, 0) is 4.79 Å². The number of aliphatic hydroxyl groups is 1. The molecule has 0 spiro atoms. The Morgan fingerprint density at radius 2 is 2.28 bits per heavy atom. The fourth-order valence-electron chi connectivity index (χ4n) is 3.38. The molecule has 0 saturated heterocycles. The molecule has 5 heteroatoms. The quantitative estimate of drug-likeness (QED) is 0.797. The van der Waals surface area contributed by atoms with E-state index in [1.807, 2.05) is 0 Å². The molecule has 2 unspecified atom stereocenters. The number of carbonyl (C=O) groups is 1. The molecule has 2 fully saturated rings. The number of hydrogen-bond acceptors (Lipinski definition) is 4. The maximum absolute atomic E-state index is 11.9. The van der Waals surface area contributed by atoms with Gasteiger partial charge in [0.15, 0.2) is 5.17 Å². The third kappa shape index (κ3) is 1.88. The van der Waals surface area contributed by atoms with Gasteiger partial charge in [-0.3, -0.25) is 4.79 Å². The highest BCUT2D eigenvalue weighted by atomic mass is 32.2. The van der Waals surface area contributed by atoms with Crippen molar-refractivity contribution in [2.45, 2.75) is 56.4 Å². The molecule has 0 aromatic rings. The lowest BCUT2D eigenvalue weighted by atomic mass is 9.96. The molecular formula is C13H20N2O2S. The van der Waals surface area contributed by atoms with Gasteiger partial charge in [0.25, 0.3) is 5.91 Å². The Morgan fingerprint density at radius 3 is 2.78 bits per heavy atom. The Labute approximate surface area is 112 Å². The van der Waals surface area contributed by atoms with E-state index >= 15 is 0 Å². The van der Waals surface area contributed by atoms with E-state index in [-0.39, 0.29) is 5.91 Å². The fraction of sp³-hybridized carbons (Fsp3) is 0.846. The summed E-state index contributed by atoms with van der Waals surface area (Å²) in [4.78, 5) is 16.0. The average molecular weight is 268 g/mol. The number of aliphatic hydroxyl groups excluding tert-OH is 1. The van der Waals surface area contributed by atoms with Crippen LogP contribution >= 0.6 is 11.8 Å². The highest BCUT2D eigenvalue weighted by molar-refractivity contribution is 8.16. The molecule has 2 aliphatic carbocycles. The first kappa shape index (κ1) is 12.5. The van der Waals surface area contributed by atoms with Gasteiger partial charge in [0.05, 0.1) is 6.10 Å². The molecule has 0 aromatic carbocycles. The molecule has 3 aliphatic rings. The molecule has 5 atom stereocenters. The van der Waals surface area contributed by atoms with E-state index in [1.54, 1.807) is 13.8 Å². The maximum atomic E-state index is 11.9. The minimum atomic E-state index is -0.806. The number of amides is 1. The first-order chi connectivity index (χ1) is 8.49. The lowest BCUT2D eigenvalue weighted by Crippen LogP contribution is -2.40. The molecule has 2 N–H and O–H groups in total. The molecule has 0 aromatic heterocycles. The van der Waals surface area contributed by atoms with Crippen LogP contribution in [0.15, 0.2) is 4.99 Å². The minimum Gasteiger partial charge on any atom is -0.391 e. The van der Waals surface area contributed by atoms with Crippen LogP contribution in [0.1, 0.15) is 39.5 Å². The zero-order valence-corrected chi connectivity index (χ0v) is 11.7. The van der Waals surface area contributed by atoms with Crippen LogP contribution in [0.5, 0.6) is 0 Å². The Bertz CT molecular complexity index is 410. The number of aliphatic imine (C=N–C) groups is 1. The second kappa shape index (κ2) is 4.23. The van der Waals surface area contributed by atoms with Gasteiger partial charge >= 0.3 is 0 Å². The second-order valence-electron chi connectivity index (χ2n) is 6.03. The number of hydrogen-bond donors (Lipinski definition) is 2. The van der Waals surface area contributed by atoms with Crippen molar-refractivity contribution >= 4 is 22.8 Å². The van der Waals surface area contributed by atoms with E-state index in [0.717, 1.165) is 11.8 Å². The number of rotatable bonds is 2. The number of fused-ring (bicyclic) bond motifs is 2. The monoisotopic (exact) mass is 268 g/mol. The maximum Gasteiger partial charge on any atom is 0.267 e. The van der Waals surface area contributed by atoms with Crippen molar-refractivity contribution in [3.05, 3.63) is 0 Å². The van der Waals surface area contributed by atoms with Crippen molar-refractivity contribution in [1.82, 2.24) is 5.32 Å². The van der Waals surface area contributed by atoms with Crippen molar-refractivity contribution in [3.63, 3.8) is 0 Å². The number of carbonyl (C=O) groups excluding carboxylic acids is 1. The Balaban J connectivity index is 1.65. The molecule has 1 heterocycles. The third-order valence-electron chi connectivity index (χ3n) is 4.78. The lowest BCUT2D eigenvalue weighted by Gasteiger charge is -2.26. The topological polar surface area (TPSA) is 61.7 Å². The first-order valence-electron chi connectivity index (χ1n) is 6.76. The summed E-state index contributed by atoms with van der Waals surface area (Å²) in [6.07, 6.45) is 4.54. The fourth-order valence-corrected chi connectivity index (χ4v) is 4.42. The Morgan fingerprint density at radius 1 is 1.50 bits per heavy atom. The number of thioether (sulfide) groups is 1. The van der Waals surface area contributed by atoms with Gasteiger partial charge in [0, 0.05) is 6.04 Å². The summed E-state index contributed by atoms with van der Waals surface area (Å²) in [5.41, 5.74) is 0. The molecule has 2 saturated carbocycles. The summed E-state index contributed by atoms with van der Waals surface area (Å²) >= 11 is 1.38. The molecule has 1 aliphatic heterocycles. The standard InChI is InChI=1S/C13H20N2O2S/c1-7(16)13(2)11(17)15-12(18-13)14-10-6-8-3-4-9(10)5-8/h7-10,16H,3-6H2,1-2H3,(H,14,15,17)/t7?,8-,9-,10-,13?/m0/s1. The summed E-state index contributed by atoms with van der Waals surface area (Å²) in [5, 5.41) is 13.9. The van der Waals surface area contributed by atoms with Gasteiger partial charge in [-0.15, -0.1) is 0 Å². The summed E-state index contributed by atoms with van der Waals surface area (Å²) < 4.78 is -0.806. The number of nitrogens with one attached hydrogen (secondary N) is 1. The molecule has 0 radical (unpaired) electrons. The molecular weight excluding hydrogens is 248 g/mol. The van der Waals surface area contributed by atoms with Crippen molar-refractivity contribution in [1.29, 1.82) is 0 Å².